The zero-order valence-corrected chi connectivity index (χ0v) is 6.43. The van der Waals surface area contributed by atoms with Crippen LogP contribution in [0.1, 0.15) is 5.56 Å². The van der Waals surface area contributed by atoms with Crippen molar-refractivity contribution in [3.8, 4) is 0 Å². The van der Waals surface area contributed by atoms with Crippen LogP contribution in [0.15, 0.2) is 12.1 Å². The van der Waals surface area contributed by atoms with Crippen molar-refractivity contribution in [1.82, 2.24) is 0 Å². The van der Waals surface area contributed by atoms with Crippen molar-refractivity contribution >= 4 is 5.69 Å². The smallest absolute Gasteiger partial charge is 0.258 e. The lowest BCUT2D eigenvalue weighted by Crippen LogP contribution is -2.09. The van der Waals surface area contributed by atoms with Crippen LogP contribution in [0.2, 0.25) is 0 Å². The molecule has 1 aromatic rings. The van der Waals surface area contributed by atoms with Gasteiger partial charge in [0.05, 0.1) is 11.0 Å². The van der Waals surface area contributed by atoms with Gasteiger partial charge in [-0.15, -0.1) is 0 Å². The number of hydrogen-bond donors (Lipinski definition) is 0. The molecule has 0 atom stereocenters. The number of nitro benzene ring substituents is 1. The minimum Gasteiger partial charge on any atom is -0.258 e. The molecule has 0 aliphatic rings. The summed E-state index contributed by atoms with van der Waals surface area (Å²) in [4.78, 5) is 9.00. The van der Waals surface area contributed by atoms with Gasteiger partial charge in [-0.05, 0) is 6.07 Å². The molecule has 1 rings (SSSR count). The Kier molecular flexibility index (Phi) is 2.41. The highest BCUT2D eigenvalue weighted by molar-refractivity contribution is 5.34. The predicted octanol–water partition coefficient (Wildman–Crippen LogP) is 2.55. The molecule has 0 unspecified atom stereocenters. The quantitative estimate of drug-likeness (QED) is 0.404. The lowest BCUT2D eigenvalue weighted by atomic mass is 10.2. The van der Waals surface area contributed by atoms with E-state index in [0.29, 0.717) is 12.1 Å². The van der Waals surface area contributed by atoms with E-state index in [9.17, 15) is 27.7 Å². The average molecular weight is 208 g/mol. The number of nitro groups is 1. The van der Waals surface area contributed by atoms with Crippen molar-refractivity contribution in [2.45, 2.75) is 6.18 Å². The number of hydrogen-bond acceptors (Lipinski definition) is 2. The monoisotopic (exact) mass is 208 g/mol. The van der Waals surface area contributed by atoms with Gasteiger partial charge in [-0.25, -0.2) is 4.39 Å². The fraction of sp³-hybridized carbons (Fsp3) is 0.143. The summed E-state index contributed by atoms with van der Waals surface area (Å²) in [6.07, 6.45) is -4.98. The first-order chi connectivity index (χ1) is 6.32. The van der Waals surface area contributed by atoms with Crippen LogP contribution >= 0.6 is 0 Å². The molecule has 0 saturated carbocycles. The van der Waals surface area contributed by atoms with Gasteiger partial charge in [0.2, 0.25) is 0 Å². The van der Waals surface area contributed by atoms with Crippen LogP contribution in [0, 0.1) is 22.0 Å². The zero-order chi connectivity index (χ0) is 10.9. The highest BCUT2D eigenvalue weighted by Crippen LogP contribution is 2.32. The van der Waals surface area contributed by atoms with Gasteiger partial charge in [0.25, 0.3) is 5.69 Å². The third-order valence-corrected chi connectivity index (χ3v) is 1.36. The number of halogens is 4. The number of benzene rings is 1. The molecule has 7 heteroatoms. The summed E-state index contributed by atoms with van der Waals surface area (Å²) in [5, 5.41) is 10.1. The molecule has 0 N–H and O–H groups in total. The van der Waals surface area contributed by atoms with E-state index in [4.69, 9.17) is 0 Å². The SMILES string of the molecule is O=[N+]([O-])c1[c]c(C(F)(F)F)c(F)cc1. The van der Waals surface area contributed by atoms with Crippen molar-refractivity contribution in [1.29, 1.82) is 0 Å². The second-order valence-corrected chi connectivity index (χ2v) is 2.32. The molecule has 75 valence electrons. The normalized spacial score (nSPS) is 11.4. The highest BCUT2D eigenvalue weighted by Gasteiger charge is 2.35. The molecule has 14 heavy (non-hydrogen) atoms. The van der Waals surface area contributed by atoms with Crippen molar-refractivity contribution in [3.05, 3.63) is 39.7 Å². The topological polar surface area (TPSA) is 43.1 Å². The molecule has 0 bridgehead atoms. The van der Waals surface area contributed by atoms with Gasteiger partial charge in [0, 0.05) is 6.07 Å². The van der Waals surface area contributed by atoms with Crippen LogP contribution in [0.25, 0.3) is 0 Å². The maximum Gasteiger partial charge on any atom is 0.420 e. The number of nitrogens with zero attached hydrogens (tertiary/aromatic N) is 1. The van der Waals surface area contributed by atoms with Crippen LogP contribution < -0.4 is 0 Å². The Balaban J connectivity index is 3.29. The van der Waals surface area contributed by atoms with Crippen molar-refractivity contribution in [2.75, 3.05) is 0 Å². The molecular formula is C7H2F4NO2. The van der Waals surface area contributed by atoms with Gasteiger partial charge in [0.15, 0.2) is 0 Å². The lowest BCUT2D eigenvalue weighted by molar-refractivity contribution is -0.385. The van der Waals surface area contributed by atoms with E-state index in [-0.39, 0.29) is 0 Å². The van der Waals surface area contributed by atoms with E-state index in [2.05, 4.69) is 0 Å². The molecule has 0 spiro atoms. The van der Waals surface area contributed by atoms with Crippen LogP contribution in [0.3, 0.4) is 0 Å². The second-order valence-electron chi connectivity index (χ2n) is 2.32. The molecule has 1 radical (unpaired) electrons. The molecule has 0 fully saturated rings. The standard InChI is InChI=1S/C7H2F4NO2/c8-6-2-1-4(12(13)14)3-5(6)7(9,10)11/h1-2H. The minimum atomic E-state index is -4.98. The summed E-state index contributed by atoms with van der Waals surface area (Å²) in [6, 6.07) is 2.36. The maximum absolute atomic E-state index is 12.6. The summed E-state index contributed by atoms with van der Waals surface area (Å²) in [6.45, 7) is 0. The number of rotatable bonds is 1. The van der Waals surface area contributed by atoms with Gasteiger partial charge in [-0.1, -0.05) is 0 Å². The Morgan fingerprint density at radius 1 is 1.36 bits per heavy atom. The molecule has 1 aromatic carbocycles. The van der Waals surface area contributed by atoms with Crippen LogP contribution in [-0.4, -0.2) is 4.92 Å². The second kappa shape index (κ2) is 3.24. The molecular weight excluding hydrogens is 206 g/mol. The maximum atomic E-state index is 12.6. The molecule has 0 aliphatic heterocycles. The molecule has 0 aliphatic carbocycles. The van der Waals surface area contributed by atoms with Gasteiger partial charge >= 0.3 is 6.18 Å². The van der Waals surface area contributed by atoms with Crippen LogP contribution in [0.4, 0.5) is 23.2 Å². The molecule has 0 saturated heterocycles. The van der Waals surface area contributed by atoms with Gasteiger partial charge < -0.3 is 0 Å². The third-order valence-electron chi connectivity index (χ3n) is 1.36. The molecule has 0 aromatic heterocycles. The largest absolute Gasteiger partial charge is 0.420 e. The first-order valence-corrected chi connectivity index (χ1v) is 3.26. The third kappa shape index (κ3) is 1.98. The van der Waals surface area contributed by atoms with Crippen molar-refractivity contribution < 1.29 is 22.5 Å². The summed E-state index contributed by atoms with van der Waals surface area (Å²) < 4.78 is 48.5. The molecule has 0 heterocycles. The highest BCUT2D eigenvalue weighted by atomic mass is 19.4. The van der Waals surface area contributed by atoms with E-state index in [1.165, 1.54) is 6.07 Å². The molecule has 3 nitrogen and oxygen atoms in total. The summed E-state index contributed by atoms with van der Waals surface area (Å²) >= 11 is 0. The van der Waals surface area contributed by atoms with E-state index in [1.54, 1.807) is 0 Å². The minimum absolute atomic E-state index is 0.386. The number of non-ortho nitro benzene ring substituents is 1. The van der Waals surface area contributed by atoms with Crippen LogP contribution in [0.5, 0.6) is 0 Å². The first kappa shape index (κ1) is 10.4. The first-order valence-electron chi connectivity index (χ1n) is 3.26. The van der Waals surface area contributed by atoms with E-state index in [0.717, 1.165) is 0 Å². The van der Waals surface area contributed by atoms with Gasteiger partial charge in [-0.3, -0.25) is 10.1 Å². The van der Waals surface area contributed by atoms with Crippen LogP contribution in [-0.2, 0) is 6.18 Å². The van der Waals surface area contributed by atoms with E-state index >= 15 is 0 Å². The van der Waals surface area contributed by atoms with E-state index in [1.807, 2.05) is 0 Å². The fourth-order valence-electron chi connectivity index (χ4n) is 0.778. The summed E-state index contributed by atoms with van der Waals surface area (Å²) in [7, 11) is 0. The van der Waals surface area contributed by atoms with Crippen molar-refractivity contribution in [2.24, 2.45) is 0 Å². The Hall–Kier alpha value is -1.66. The Bertz CT molecular complexity index is 374. The summed E-state index contributed by atoms with van der Waals surface area (Å²) in [5.41, 5.74) is -2.68. The lowest BCUT2D eigenvalue weighted by Gasteiger charge is -2.05. The Morgan fingerprint density at radius 3 is 2.36 bits per heavy atom. The number of alkyl halides is 3. The van der Waals surface area contributed by atoms with Crippen molar-refractivity contribution in [3.63, 3.8) is 0 Å². The van der Waals surface area contributed by atoms with E-state index < -0.39 is 28.2 Å². The van der Waals surface area contributed by atoms with Gasteiger partial charge in [0.1, 0.15) is 11.4 Å². The predicted molar refractivity (Wildman–Crippen MR) is 36.9 cm³/mol. The fourth-order valence-corrected chi connectivity index (χ4v) is 0.778. The Labute approximate surface area is 75.1 Å². The van der Waals surface area contributed by atoms with Gasteiger partial charge in [-0.2, -0.15) is 13.2 Å². The average Bonchev–Trinajstić information content (AvgIpc) is 2.02. The summed E-state index contributed by atoms with van der Waals surface area (Å²) in [5.74, 6) is -1.58. The zero-order valence-electron chi connectivity index (χ0n) is 6.43. The Morgan fingerprint density at radius 2 is 1.93 bits per heavy atom. The molecule has 0 amide bonds.